The van der Waals surface area contributed by atoms with Crippen LogP contribution < -0.4 is 5.73 Å². The third kappa shape index (κ3) is 2.01. The molecule has 0 radical (unpaired) electrons. The van der Waals surface area contributed by atoms with E-state index in [0.29, 0.717) is 0 Å². The third-order valence-corrected chi connectivity index (χ3v) is 5.17. The van der Waals surface area contributed by atoms with Gasteiger partial charge in [-0.15, -0.1) is 11.3 Å². The zero-order valence-corrected chi connectivity index (χ0v) is 12.6. The zero-order chi connectivity index (χ0) is 13.6. The summed E-state index contributed by atoms with van der Waals surface area (Å²) in [4.78, 5) is 6.21. The predicted octanol–water partition coefficient (Wildman–Crippen LogP) is 4.05. The van der Waals surface area contributed by atoms with E-state index in [1.807, 2.05) is 0 Å². The summed E-state index contributed by atoms with van der Waals surface area (Å²) in [6.07, 6.45) is 2.00. The number of hydrogen-bond acceptors (Lipinski definition) is 3. The lowest BCUT2D eigenvalue weighted by atomic mass is 9.74. The number of aromatic nitrogens is 1. The molecule has 3 rings (SSSR count). The van der Waals surface area contributed by atoms with Crippen molar-refractivity contribution in [3.8, 4) is 11.3 Å². The molecule has 1 unspecified atom stereocenters. The third-order valence-electron chi connectivity index (χ3n) is 3.98. The highest BCUT2D eigenvalue weighted by Gasteiger charge is 2.33. The quantitative estimate of drug-likeness (QED) is 0.895. The minimum atomic E-state index is 0.0749. The van der Waals surface area contributed by atoms with E-state index in [1.165, 1.54) is 21.7 Å². The molecule has 1 aromatic carbocycles. The second kappa shape index (κ2) is 4.43. The molecule has 0 saturated heterocycles. The van der Waals surface area contributed by atoms with Crippen LogP contribution in [-0.4, -0.2) is 4.98 Å². The smallest absolute Gasteiger partial charge is 0.110 e. The van der Waals surface area contributed by atoms with Crippen LogP contribution in [0.1, 0.15) is 48.7 Å². The van der Waals surface area contributed by atoms with Gasteiger partial charge in [-0.2, -0.15) is 0 Å². The Morgan fingerprint density at radius 3 is 2.84 bits per heavy atom. The molecule has 0 amide bonds. The van der Waals surface area contributed by atoms with Gasteiger partial charge in [-0.1, -0.05) is 45.0 Å². The molecule has 0 fully saturated rings. The maximum absolute atomic E-state index is 6.14. The first-order chi connectivity index (χ1) is 9.03. The van der Waals surface area contributed by atoms with Crippen molar-refractivity contribution in [1.82, 2.24) is 4.98 Å². The first-order valence-electron chi connectivity index (χ1n) is 6.88. The highest BCUT2D eigenvalue weighted by Crippen LogP contribution is 2.45. The number of nitrogens with two attached hydrogens (primary N) is 1. The van der Waals surface area contributed by atoms with Crippen molar-refractivity contribution in [2.75, 3.05) is 0 Å². The Morgan fingerprint density at radius 1 is 1.37 bits per heavy atom. The average Bonchev–Trinajstić information content (AvgIpc) is 2.81. The number of fused-ring (bicyclic) bond motifs is 3. The van der Waals surface area contributed by atoms with Crippen LogP contribution >= 0.6 is 11.3 Å². The van der Waals surface area contributed by atoms with Gasteiger partial charge in [-0.25, -0.2) is 4.98 Å². The minimum Gasteiger partial charge on any atom is -0.322 e. The molecule has 0 aliphatic heterocycles. The molecule has 0 bridgehead atoms. The largest absolute Gasteiger partial charge is 0.322 e. The number of rotatable bonds is 2. The normalized spacial score (nSPS) is 17.7. The standard InChI is InChI=1S/C16H20N2S/c1-4-12(17)15-18-14-10-7-5-6-8-11(10)16(2,3)9-13(14)19-15/h5-8,12H,4,9,17H2,1-3H3. The zero-order valence-electron chi connectivity index (χ0n) is 11.7. The molecule has 1 aliphatic rings. The van der Waals surface area contributed by atoms with Crippen LogP contribution in [0.5, 0.6) is 0 Å². The predicted molar refractivity (Wildman–Crippen MR) is 81.5 cm³/mol. The minimum absolute atomic E-state index is 0.0749. The van der Waals surface area contributed by atoms with Gasteiger partial charge in [0.2, 0.25) is 0 Å². The van der Waals surface area contributed by atoms with Gasteiger partial charge in [-0.05, 0) is 23.8 Å². The molecule has 2 N–H and O–H groups in total. The van der Waals surface area contributed by atoms with Crippen molar-refractivity contribution < 1.29 is 0 Å². The fraction of sp³-hybridized carbons (Fsp3) is 0.438. The van der Waals surface area contributed by atoms with Crippen molar-refractivity contribution >= 4 is 11.3 Å². The summed E-state index contributed by atoms with van der Waals surface area (Å²) in [5.74, 6) is 0. The lowest BCUT2D eigenvalue weighted by molar-refractivity contribution is 0.521. The van der Waals surface area contributed by atoms with Gasteiger partial charge in [0.05, 0.1) is 11.7 Å². The molecule has 0 saturated carbocycles. The molecule has 19 heavy (non-hydrogen) atoms. The fourth-order valence-electron chi connectivity index (χ4n) is 2.81. The topological polar surface area (TPSA) is 38.9 Å². The molecule has 1 heterocycles. The number of thiazole rings is 1. The van der Waals surface area contributed by atoms with Crippen LogP contribution in [0.2, 0.25) is 0 Å². The maximum atomic E-state index is 6.14. The van der Waals surface area contributed by atoms with Crippen molar-refractivity contribution in [1.29, 1.82) is 0 Å². The first kappa shape index (κ1) is 12.8. The molecule has 3 heteroatoms. The second-order valence-electron chi connectivity index (χ2n) is 5.94. The Morgan fingerprint density at radius 2 is 2.11 bits per heavy atom. The van der Waals surface area contributed by atoms with Crippen molar-refractivity contribution in [3.63, 3.8) is 0 Å². The van der Waals surface area contributed by atoms with E-state index in [-0.39, 0.29) is 11.5 Å². The van der Waals surface area contributed by atoms with Crippen LogP contribution in [0.3, 0.4) is 0 Å². The van der Waals surface area contributed by atoms with E-state index in [9.17, 15) is 0 Å². The number of hydrogen-bond donors (Lipinski definition) is 1. The van der Waals surface area contributed by atoms with E-state index in [1.54, 1.807) is 11.3 Å². The summed E-state index contributed by atoms with van der Waals surface area (Å²) < 4.78 is 0. The van der Waals surface area contributed by atoms with Gasteiger partial charge in [-0.3, -0.25) is 0 Å². The molecule has 1 atom stereocenters. The van der Waals surface area contributed by atoms with Crippen molar-refractivity contribution in [2.45, 2.75) is 45.1 Å². The molecule has 100 valence electrons. The highest BCUT2D eigenvalue weighted by molar-refractivity contribution is 7.12. The van der Waals surface area contributed by atoms with Gasteiger partial charge < -0.3 is 5.73 Å². The Kier molecular flexibility index (Phi) is 2.99. The molecule has 0 spiro atoms. The Balaban J connectivity index is 2.17. The molecule has 1 aliphatic carbocycles. The summed E-state index contributed by atoms with van der Waals surface area (Å²) >= 11 is 1.80. The van der Waals surface area contributed by atoms with Crippen molar-refractivity contribution in [3.05, 3.63) is 39.7 Å². The Labute approximate surface area is 118 Å². The number of benzene rings is 1. The summed E-state index contributed by atoms with van der Waals surface area (Å²) in [5, 5.41) is 1.08. The fourth-order valence-corrected chi connectivity index (χ4v) is 4.20. The van der Waals surface area contributed by atoms with E-state index >= 15 is 0 Å². The summed E-state index contributed by atoms with van der Waals surface area (Å²) in [6.45, 7) is 6.74. The SMILES string of the molecule is CCC(N)c1nc2c(s1)CC(C)(C)c1ccccc1-2. The van der Waals surface area contributed by atoms with Gasteiger partial charge in [0.15, 0.2) is 0 Å². The second-order valence-corrected chi connectivity index (χ2v) is 7.06. The molecule has 2 aromatic rings. The molecule has 2 nitrogen and oxygen atoms in total. The van der Waals surface area contributed by atoms with E-state index in [0.717, 1.165) is 17.8 Å². The molecular weight excluding hydrogens is 252 g/mol. The van der Waals surface area contributed by atoms with Gasteiger partial charge in [0.25, 0.3) is 0 Å². The Hall–Kier alpha value is -1.19. The van der Waals surface area contributed by atoms with Crippen LogP contribution in [0.15, 0.2) is 24.3 Å². The van der Waals surface area contributed by atoms with Crippen LogP contribution in [0.4, 0.5) is 0 Å². The molecule has 1 aromatic heterocycles. The summed E-state index contributed by atoms with van der Waals surface area (Å²) in [7, 11) is 0. The lowest BCUT2D eigenvalue weighted by Gasteiger charge is -2.31. The first-order valence-corrected chi connectivity index (χ1v) is 7.69. The van der Waals surface area contributed by atoms with E-state index in [4.69, 9.17) is 10.7 Å². The van der Waals surface area contributed by atoms with Crippen molar-refractivity contribution in [2.24, 2.45) is 5.73 Å². The van der Waals surface area contributed by atoms with Gasteiger partial charge in [0, 0.05) is 10.4 Å². The van der Waals surface area contributed by atoms with Crippen LogP contribution in [0.25, 0.3) is 11.3 Å². The van der Waals surface area contributed by atoms with Crippen LogP contribution in [0, 0.1) is 0 Å². The van der Waals surface area contributed by atoms with E-state index in [2.05, 4.69) is 45.0 Å². The summed E-state index contributed by atoms with van der Waals surface area (Å²) in [6, 6.07) is 8.72. The average molecular weight is 272 g/mol. The monoisotopic (exact) mass is 272 g/mol. The molecular formula is C16H20N2S. The Bertz CT molecular complexity index is 613. The summed E-state index contributed by atoms with van der Waals surface area (Å²) in [5.41, 5.74) is 10.2. The van der Waals surface area contributed by atoms with E-state index < -0.39 is 0 Å². The number of nitrogens with zero attached hydrogens (tertiary/aromatic N) is 1. The lowest BCUT2D eigenvalue weighted by Crippen LogP contribution is -2.24. The van der Waals surface area contributed by atoms with Crippen LogP contribution in [-0.2, 0) is 11.8 Å². The highest BCUT2D eigenvalue weighted by atomic mass is 32.1. The van der Waals surface area contributed by atoms with Gasteiger partial charge >= 0.3 is 0 Å². The van der Waals surface area contributed by atoms with Gasteiger partial charge in [0.1, 0.15) is 5.01 Å². The maximum Gasteiger partial charge on any atom is 0.110 e.